The Hall–Kier alpha value is -1.06. The molecule has 1 N–H and O–H groups in total. The quantitative estimate of drug-likeness (QED) is 0.467. The molecule has 1 saturated heterocycles. The monoisotopic (exact) mass is 171 g/mol. The van der Waals surface area contributed by atoms with Crippen LogP contribution in [0.1, 0.15) is 13.8 Å². The Bertz CT molecular complexity index is 202. The first-order valence-electron chi connectivity index (χ1n) is 4.11. The van der Waals surface area contributed by atoms with Crippen molar-refractivity contribution in [2.75, 3.05) is 13.2 Å². The summed E-state index contributed by atoms with van der Waals surface area (Å²) < 4.78 is 4.77. The van der Waals surface area contributed by atoms with Gasteiger partial charge in [-0.2, -0.15) is 0 Å². The standard InChI is InChI=1S/C8H13NO3/c1-3-12-8(11)6-5(2)4-9-7(6)10/h5-6H,3-4H2,1-2H3,(H,9,10)/t5-,6-/m0/s1. The van der Waals surface area contributed by atoms with Crippen LogP contribution < -0.4 is 5.32 Å². The number of rotatable bonds is 2. The van der Waals surface area contributed by atoms with Crippen LogP contribution in [0.15, 0.2) is 0 Å². The van der Waals surface area contributed by atoms with Crippen LogP contribution in [0.4, 0.5) is 0 Å². The molecular weight excluding hydrogens is 158 g/mol. The fourth-order valence-electron chi connectivity index (χ4n) is 1.32. The topological polar surface area (TPSA) is 55.4 Å². The van der Waals surface area contributed by atoms with E-state index in [4.69, 9.17) is 4.74 Å². The molecule has 12 heavy (non-hydrogen) atoms. The number of ether oxygens (including phenoxy) is 1. The predicted octanol–water partition coefficient (Wildman–Crippen LogP) is -0.0684. The third-order valence-corrected chi connectivity index (χ3v) is 1.99. The molecule has 0 bridgehead atoms. The summed E-state index contributed by atoms with van der Waals surface area (Å²) in [4.78, 5) is 22.3. The van der Waals surface area contributed by atoms with Crippen LogP contribution in [0.3, 0.4) is 0 Å². The molecule has 0 aromatic rings. The van der Waals surface area contributed by atoms with E-state index in [1.54, 1.807) is 6.92 Å². The normalized spacial score (nSPS) is 28.3. The van der Waals surface area contributed by atoms with Crippen molar-refractivity contribution in [1.29, 1.82) is 0 Å². The molecule has 1 aliphatic rings. The summed E-state index contributed by atoms with van der Waals surface area (Å²) in [6.07, 6.45) is 0. The van der Waals surface area contributed by atoms with Gasteiger partial charge in [-0.05, 0) is 12.8 Å². The number of amides is 1. The lowest BCUT2D eigenvalue weighted by atomic mass is 9.98. The van der Waals surface area contributed by atoms with E-state index in [2.05, 4.69) is 5.32 Å². The van der Waals surface area contributed by atoms with Crippen molar-refractivity contribution in [2.45, 2.75) is 13.8 Å². The molecule has 4 nitrogen and oxygen atoms in total. The van der Waals surface area contributed by atoms with E-state index in [1.807, 2.05) is 6.92 Å². The lowest BCUT2D eigenvalue weighted by Gasteiger charge is -2.09. The Labute approximate surface area is 71.3 Å². The van der Waals surface area contributed by atoms with Gasteiger partial charge in [0.25, 0.3) is 0 Å². The molecule has 1 rings (SSSR count). The van der Waals surface area contributed by atoms with Crippen LogP contribution in [-0.2, 0) is 14.3 Å². The van der Waals surface area contributed by atoms with Gasteiger partial charge in [-0.25, -0.2) is 0 Å². The summed E-state index contributed by atoms with van der Waals surface area (Å²) in [5, 5.41) is 2.62. The molecule has 1 fully saturated rings. The SMILES string of the molecule is CCOC(=O)[C@@H]1C(=O)NC[C@@H]1C. The molecule has 0 aromatic heterocycles. The molecule has 4 heteroatoms. The molecule has 1 amide bonds. The number of carbonyl (C=O) groups is 2. The average molecular weight is 171 g/mol. The number of hydrogen-bond donors (Lipinski definition) is 1. The van der Waals surface area contributed by atoms with Gasteiger partial charge in [0.05, 0.1) is 6.61 Å². The zero-order valence-corrected chi connectivity index (χ0v) is 7.29. The third kappa shape index (κ3) is 1.57. The molecule has 0 radical (unpaired) electrons. The minimum Gasteiger partial charge on any atom is -0.465 e. The van der Waals surface area contributed by atoms with Gasteiger partial charge in [0.2, 0.25) is 5.91 Å². The minimum atomic E-state index is -0.593. The van der Waals surface area contributed by atoms with Crippen molar-refractivity contribution < 1.29 is 14.3 Å². The average Bonchev–Trinajstić information content (AvgIpc) is 2.32. The molecule has 1 aliphatic heterocycles. The van der Waals surface area contributed by atoms with Crippen LogP contribution in [-0.4, -0.2) is 25.0 Å². The summed E-state index contributed by atoms with van der Waals surface area (Å²) >= 11 is 0. The maximum absolute atomic E-state index is 11.2. The van der Waals surface area contributed by atoms with E-state index in [0.29, 0.717) is 13.2 Å². The smallest absolute Gasteiger partial charge is 0.318 e. The third-order valence-electron chi connectivity index (χ3n) is 1.99. The van der Waals surface area contributed by atoms with Crippen molar-refractivity contribution in [2.24, 2.45) is 11.8 Å². The Morgan fingerprint density at radius 1 is 1.75 bits per heavy atom. The predicted molar refractivity (Wildman–Crippen MR) is 42.3 cm³/mol. The minimum absolute atomic E-state index is 0.0524. The van der Waals surface area contributed by atoms with E-state index in [1.165, 1.54) is 0 Å². The molecule has 1 heterocycles. The number of hydrogen-bond acceptors (Lipinski definition) is 3. The highest BCUT2D eigenvalue weighted by atomic mass is 16.5. The summed E-state index contributed by atoms with van der Waals surface area (Å²) in [6, 6.07) is 0. The lowest BCUT2D eigenvalue weighted by molar-refractivity contribution is -0.151. The zero-order chi connectivity index (χ0) is 9.14. The van der Waals surface area contributed by atoms with E-state index < -0.39 is 11.9 Å². The number of nitrogens with one attached hydrogen (secondary N) is 1. The molecular formula is C8H13NO3. The first kappa shape index (κ1) is 9.03. The summed E-state index contributed by atoms with van der Waals surface area (Å²) in [5.41, 5.74) is 0. The largest absolute Gasteiger partial charge is 0.465 e. The van der Waals surface area contributed by atoms with Gasteiger partial charge >= 0.3 is 5.97 Å². The summed E-state index contributed by atoms with van der Waals surface area (Å²) in [6.45, 7) is 4.49. The van der Waals surface area contributed by atoms with Crippen molar-refractivity contribution >= 4 is 11.9 Å². The maximum Gasteiger partial charge on any atom is 0.318 e. The molecule has 0 aliphatic carbocycles. The van der Waals surface area contributed by atoms with Gasteiger partial charge in [-0.3, -0.25) is 9.59 Å². The number of esters is 1. The first-order chi connectivity index (χ1) is 5.66. The van der Waals surface area contributed by atoms with Gasteiger partial charge in [0.1, 0.15) is 5.92 Å². The van der Waals surface area contributed by atoms with Crippen LogP contribution in [0, 0.1) is 11.8 Å². The Balaban J connectivity index is 2.59. The van der Waals surface area contributed by atoms with E-state index in [-0.39, 0.29) is 11.8 Å². The van der Waals surface area contributed by atoms with Crippen LogP contribution in [0.5, 0.6) is 0 Å². The molecule has 0 unspecified atom stereocenters. The molecule has 2 atom stereocenters. The first-order valence-corrected chi connectivity index (χ1v) is 4.11. The zero-order valence-electron chi connectivity index (χ0n) is 7.29. The molecule has 68 valence electrons. The van der Waals surface area contributed by atoms with Crippen LogP contribution in [0.25, 0.3) is 0 Å². The fourth-order valence-corrected chi connectivity index (χ4v) is 1.32. The Kier molecular flexibility index (Phi) is 2.68. The van der Waals surface area contributed by atoms with Crippen LogP contribution >= 0.6 is 0 Å². The van der Waals surface area contributed by atoms with Crippen molar-refractivity contribution in [3.63, 3.8) is 0 Å². The van der Waals surface area contributed by atoms with Gasteiger partial charge in [-0.1, -0.05) is 6.92 Å². The second-order valence-electron chi connectivity index (χ2n) is 2.95. The summed E-state index contributed by atoms with van der Waals surface area (Å²) in [5.74, 6) is -1.15. The van der Waals surface area contributed by atoms with Crippen molar-refractivity contribution in [3.8, 4) is 0 Å². The molecule has 0 spiro atoms. The highest BCUT2D eigenvalue weighted by Gasteiger charge is 2.38. The summed E-state index contributed by atoms with van der Waals surface area (Å²) in [7, 11) is 0. The highest BCUT2D eigenvalue weighted by Crippen LogP contribution is 2.18. The van der Waals surface area contributed by atoms with E-state index >= 15 is 0 Å². The molecule has 0 saturated carbocycles. The fraction of sp³-hybridized carbons (Fsp3) is 0.750. The van der Waals surface area contributed by atoms with Gasteiger partial charge in [-0.15, -0.1) is 0 Å². The Morgan fingerprint density at radius 3 is 2.83 bits per heavy atom. The highest BCUT2D eigenvalue weighted by molar-refractivity contribution is 5.99. The Morgan fingerprint density at radius 2 is 2.42 bits per heavy atom. The number of carbonyl (C=O) groups excluding carboxylic acids is 2. The van der Waals surface area contributed by atoms with E-state index in [9.17, 15) is 9.59 Å². The van der Waals surface area contributed by atoms with Crippen molar-refractivity contribution in [3.05, 3.63) is 0 Å². The van der Waals surface area contributed by atoms with Crippen LogP contribution in [0.2, 0.25) is 0 Å². The maximum atomic E-state index is 11.2. The van der Waals surface area contributed by atoms with E-state index in [0.717, 1.165) is 0 Å². The lowest BCUT2D eigenvalue weighted by Crippen LogP contribution is -2.28. The van der Waals surface area contributed by atoms with Crippen molar-refractivity contribution in [1.82, 2.24) is 5.32 Å². The van der Waals surface area contributed by atoms with Gasteiger partial charge in [0.15, 0.2) is 0 Å². The van der Waals surface area contributed by atoms with Gasteiger partial charge in [0, 0.05) is 6.54 Å². The van der Waals surface area contributed by atoms with Gasteiger partial charge < -0.3 is 10.1 Å². The molecule has 0 aromatic carbocycles. The second-order valence-corrected chi connectivity index (χ2v) is 2.95. The second kappa shape index (κ2) is 3.56.